The molecule has 0 unspecified atom stereocenters. The first kappa shape index (κ1) is 15.2. The fourth-order valence-corrected chi connectivity index (χ4v) is 2.95. The molecular formula is C15H18BrN5O. The molecule has 1 aromatic carbocycles. The second kappa shape index (κ2) is 7.02. The molecular weight excluding hydrogens is 346 g/mol. The largest absolute Gasteiger partial charge is 0.325 e. The number of rotatable bonds is 4. The number of likely N-dealkylation sites (tertiary alicyclic amines) is 1. The van der Waals surface area contributed by atoms with Gasteiger partial charge in [-0.3, -0.25) is 9.69 Å². The lowest BCUT2D eigenvalue weighted by Crippen LogP contribution is -2.39. The molecule has 116 valence electrons. The summed E-state index contributed by atoms with van der Waals surface area (Å²) < 4.78 is 2.92. The van der Waals surface area contributed by atoms with Crippen molar-refractivity contribution in [1.82, 2.24) is 19.7 Å². The Bertz CT molecular complexity index is 605. The number of hydrogen-bond donors (Lipinski definition) is 1. The van der Waals surface area contributed by atoms with Crippen LogP contribution in [-0.2, 0) is 4.79 Å². The van der Waals surface area contributed by atoms with E-state index in [9.17, 15) is 4.79 Å². The molecule has 0 atom stereocenters. The molecule has 2 aromatic rings. The van der Waals surface area contributed by atoms with Crippen LogP contribution in [0.3, 0.4) is 0 Å². The zero-order chi connectivity index (χ0) is 15.4. The number of benzene rings is 1. The van der Waals surface area contributed by atoms with E-state index in [0.29, 0.717) is 12.6 Å². The molecule has 6 nitrogen and oxygen atoms in total. The molecule has 0 radical (unpaired) electrons. The normalized spacial score (nSPS) is 16.6. The number of amides is 1. The summed E-state index contributed by atoms with van der Waals surface area (Å²) in [5, 5.41) is 7.12. The molecule has 1 N–H and O–H groups in total. The van der Waals surface area contributed by atoms with Gasteiger partial charge >= 0.3 is 0 Å². The van der Waals surface area contributed by atoms with Crippen molar-refractivity contribution in [3.63, 3.8) is 0 Å². The number of nitrogens with zero attached hydrogens (tertiary/aromatic N) is 4. The first-order chi connectivity index (χ1) is 10.7. The van der Waals surface area contributed by atoms with E-state index in [1.54, 1.807) is 12.7 Å². The third kappa shape index (κ3) is 3.92. The summed E-state index contributed by atoms with van der Waals surface area (Å²) in [6, 6.07) is 8.00. The van der Waals surface area contributed by atoms with Gasteiger partial charge < -0.3 is 5.32 Å². The van der Waals surface area contributed by atoms with Crippen molar-refractivity contribution in [3.8, 4) is 0 Å². The van der Waals surface area contributed by atoms with Crippen molar-refractivity contribution in [3.05, 3.63) is 41.4 Å². The minimum atomic E-state index is 0.0292. The number of carbonyl (C=O) groups excluding carboxylic acids is 1. The van der Waals surface area contributed by atoms with Gasteiger partial charge in [0.05, 0.1) is 12.6 Å². The molecule has 0 aliphatic carbocycles. The van der Waals surface area contributed by atoms with Crippen LogP contribution in [0.4, 0.5) is 5.69 Å². The quantitative estimate of drug-likeness (QED) is 0.905. The Morgan fingerprint density at radius 3 is 2.64 bits per heavy atom. The van der Waals surface area contributed by atoms with Crippen LogP contribution in [0.25, 0.3) is 0 Å². The van der Waals surface area contributed by atoms with E-state index < -0.39 is 0 Å². The highest BCUT2D eigenvalue weighted by atomic mass is 79.9. The topological polar surface area (TPSA) is 63.1 Å². The zero-order valence-corrected chi connectivity index (χ0v) is 13.7. The summed E-state index contributed by atoms with van der Waals surface area (Å²) in [7, 11) is 0. The molecule has 0 saturated carbocycles. The molecule has 7 heteroatoms. The molecule has 0 spiro atoms. The van der Waals surface area contributed by atoms with E-state index in [0.717, 1.165) is 36.1 Å². The lowest BCUT2D eigenvalue weighted by atomic mass is 10.1. The van der Waals surface area contributed by atoms with Gasteiger partial charge in [0, 0.05) is 23.2 Å². The van der Waals surface area contributed by atoms with Gasteiger partial charge in [0.1, 0.15) is 12.7 Å². The molecule has 1 aliphatic heterocycles. The summed E-state index contributed by atoms with van der Waals surface area (Å²) in [5.74, 6) is 0.0292. The van der Waals surface area contributed by atoms with Crippen molar-refractivity contribution < 1.29 is 4.79 Å². The van der Waals surface area contributed by atoms with Gasteiger partial charge in [-0.25, -0.2) is 9.67 Å². The molecule has 1 aromatic heterocycles. The van der Waals surface area contributed by atoms with E-state index in [1.165, 1.54) is 0 Å². The Balaban J connectivity index is 1.46. The van der Waals surface area contributed by atoms with Crippen molar-refractivity contribution >= 4 is 27.5 Å². The van der Waals surface area contributed by atoms with Crippen molar-refractivity contribution in [2.45, 2.75) is 18.9 Å². The van der Waals surface area contributed by atoms with Gasteiger partial charge in [0.15, 0.2) is 0 Å². The Morgan fingerprint density at radius 1 is 1.27 bits per heavy atom. The lowest BCUT2D eigenvalue weighted by Gasteiger charge is -2.31. The second-order valence-corrected chi connectivity index (χ2v) is 6.35. The summed E-state index contributed by atoms with van der Waals surface area (Å²) >= 11 is 3.38. The van der Waals surface area contributed by atoms with Crippen LogP contribution < -0.4 is 5.32 Å². The van der Waals surface area contributed by atoms with Crippen LogP contribution in [0.5, 0.6) is 0 Å². The zero-order valence-electron chi connectivity index (χ0n) is 12.2. The number of hydrogen-bond acceptors (Lipinski definition) is 4. The molecule has 2 heterocycles. The highest BCUT2D eigenvalue weighted by Crippen LogP contribution is 2.21. The van der Waals surface area contributed by atoms with E-state index in [2.05, 4.69) is 36.2 Å². The maximum absolute atomic E-state index is 12.1. The fourth-order valence-electron chi connectivity index (χ4n) is 2.68. The molecule has 3 rings (SSSR count). The summed E-state index contributed by atoms with van der Waals surface area (Å²) in [5.41, 5.74) is 0.825. The number of carbonyl (C=O) groups is 1. The Hall–Kier alpha value is -1.73. The summed E-state index contributed by atoms with van der Waals surface area (Å²) in [4.78, 5) is 18.3. The molecule has 22 heavy (non-hydrogen) atoms. The maximum Gasteiger partial charge on any atom is 0.238 e. The van der Waals surface area contributed by atoms with Crippen LogP contribution in [0, 0.1) is 0 Å². The van der Waals surface area contributed by atoms with Gasteiger partial charge in [0.25, 0.3) is 0 Å². The fraction of sp³-hybridized carbons (Fsp3) is 0.400. The summed E-state index contributed by atoms with van der Waals surface area (Å²) in [6.07, 6.45) is 5.32. The monoisotopic (exact) mass is 363 g/mol. The molecule has 1 saturated heterocycles. The number of anilines is 1. The minimum absolute atomic E-state index is 0.0292. The number of aromatic nitrogens is 3. The van der Waals surface area contributed by atoms with Crippen LogP contribution in [0.2, 0.25) is 0 Å². The van der Waals surface area contributed by atoms with Crippen molar-refractivity contribution in [2.24, 2.45) is 0 Å². The smallest absolute Gasteiger partial charge is 0.238 e. The number of halogens is 1. The van der Waals surface area contributed by atoms with Gasteiger partial charge in [-0.05, 0) is 37.1 Å². The van der Waals surface area contributed by atoms with Crippen LogP contribution in [-0.4, -0.2) is 45.2 Å². The molecule has 1 aliphatic rings. The second-order valence-electron chi connectivity index (χ2n) is 5.44. The van der Waals surface area contributed by atoms with Gasteiger partial charge in [-0.1, -0.05) is 15.9 Å². The maximum atomic E-state index is 12.1. The highest BCUT2D eigenvalue weighted by molar-refractivity contribution is 9.10. The minimum Gasteiger partial charge on any atom is -0.325 e. The first-order valence-corrected chi connectivity index (χ1v) is 8.12. The van der Waals surface area contributed by atoms with E-state index in [1.807, 2.05) is 28.9 Å². The van der Waals surface area contributed by atoms with Crippen LogP contribution in [0.1, 0.15) is 18.9 Å². The predicted molar refractivity (Wildman–Crippen MR) is 87.5 cm³/mol. The average Bonchev–Trinajstić information content (AvgIpc) is 3.05. The standard InChI is InChI=1S/C15H18BrN5O/c16-12-1-3-13(4-2-12)19-15(22)9-20-7-5-14(6-8-20)21-11-17-10-18-21/h1-4,10-11,14H,5-9H2,(H,19,22). The SMILES string of the molecule is O=C(CN1CCC(n2cncn2)CC1)Nc1ccc(Br)cc1. The number of nitrogens with one attached hydrogen (secondary N) is 1. The highest BCUT2D eigenvalue weighted by Gasteiger charge is 2.22. The van der Waals surface area contributed by atoms with Crippen LogP contribution >= 0.6 is 15.9 Å². The Morgan fingerprint density at radius 2 is 2.00 bits per heavy atom. The van der Waals surface area contributed by atoms with Crippen LogP contribution in [0.15, 0.2) is 41.4 Å². The predicted octanol–water partition coefficient (Wildman–Crippen LogP) is 2.32. The third-order valence-corrected chi connectivity index (χ3v) is 4.39. The van der Waals surface area contributed by atoms with Gasteiger partial charge in [-0.2, -0.15) is 5.10 Å². The Labute approximate surface area is 137 Å². The van der Waals surface area contributed by atoms with Crippen molar-refractivity contribution in [1.29, 1.82) is 0 Å². The van der Waals surface area contributed by atoms with Gasteiger partial charge in [-0.15, -0.1) is 0 Å². The first-order valence-electron chi connectivity index (χ1n) is 7.32. The van der Waals surface area contributed by atoms with E-state index >= 15 is 0 Å². The molecule has 1 fully saturated rings. The van der Waals surface area contributed by atoms with Crippen molar-refractivity contribution in [2.75, 3.05) is 25.0 Å². The number of piperidine rings is 1. The van der Waals surface area contributed by atoms with Gasteiger partial charge in [0.2, 0.25) is 5.91 Å². The average molecular weight is 364 g/mol. The Kier molecular flexibility index (Phi) is 4.84. The molecule has 1 amide bonds. The van der Waals surface area contributed by atoms with E-state index in [-0.39, 0.29) is 5.91 Å². The summed E-state index contributed by atoms with van der Waals surface area (Å²) in [6.45, 7) is 2.23. The molecule has 0 bridgehead atoms. The van der Waals surface area contributed by atoms with E-state index in [4.69, 9.17) is 0 Å². The third-order valence-electron chi connectivity index (χ3n) is 3.86. The lowest BCUT2D eigenvalue weighted by molar-refractivity contribution is -0.117.